The predicted octanol–water partition coefficient (Wildman–Crippen LogP) is 1.78. The summed E-state index contributed by atoms with van der Waals surface area (Å²) in [6.07, 6.45) is 6.24. The average Bonchev–Trinajstić information content (AvgIpc) is 2.50. The van der Waals surface area contributed by atoms with E-state index in [1.807, 2.05) is 0 Å². The minimum Gasteiger partial charge on any atom is -0.459 e. The van der Waals surface area contributed by atoms with Crippen molar-refractivity contribution < 1.29 is 31.3 Å². The minimum absolute atomic E-state index is 0.227. The van der Waals surface area contributed by atoms with Gasteiger partial charge in [-0.15, -0.1) is 0 Å². The van der Waals surface area contributed by atoms with Gasteiger partial charge < -0.3 is 4.74 Å². The second-order valence-corrected chi connectivity index (χ2v) is 8.71. The Morgan fingerprint density at radius 3 is 2.78 bits per heavy atom. The van der Waals surface area contributed by atoms with Gasteiger partial charge in [0.15, 0.2) is 0 Å². The van der Waals surface area contributed by atoms with E-state index in [9.17, 15) is 22.0 Å². The molecule has 0 aromatic carbocycles. The number of ether oxygens (including phenoxy) is 1. The summed E-state index contributed by atoms with van der Waals surface area (Å²) in [5, 5.41) is -4.92. The summed E-state index contributed by atoms with van der Waals surface area (Å²) >= 11 is 0. The third-order valence-corrected chi connectivity index (χ3v) is 7.60. The number of halogens is 2. The molecule has 10 rings (SSSR count). The molecule has 0 aromatic rings. The molecule has 0 spiro atoms. The van der Waals surface area contributed by atoms with Gasteiger partial charge in [-0.2, -0.15) is 17.2 Å². The monoisotopic (exact) mass is 344 g/mol. The molecule has 124 valence electrons. The van der Waals surface area contributed by atoms with Crippen LogP contribution in [0.4, 0.5) is 8.78 Å². The topological polar surface area (TPSA) is 80.7 Å². The second-order valence-electron chi connectivity index (χ2n) is 7.24. The van der Waals surface area contributed by atoms with Crippen molar-refractivity contribution in [2.24, 2.45) is 35.0 Å². The van der Waals surface area contributed by atoms with E-state index >= 15 is 0 Å². The smallest absolute Gasteiger partial charge is 0.459 e. The number of hydrogen-bond donors (Lipinski definition) is 1. The van der Waals surface area contributed by atoms with Crippen LogP contribution in [0.1, 0.15) is 12.8 Å². The van der Waals surface area contributed by atoms with E-state index in [-0.39, 0.29) is 12.5 Å². The van der Waals surface area contributed by atoms with Crippen molar-refractivity contribution in [3.05, 3.63) is 23.3 Å². The molecule has 0 aromatic heterocycles. The molecule has 10 aliphatic carbocycles. The van der Waals surface area contributed by atoms with E-state index in [4.69, 9.17) is 9.29 Å². The van der Waals surface area contributed by atoms with Crippen molar-refractivity contribution in [1.82, 2.24) is 0 Å². The zero-order valence-corrected chi connectivity index (χ0v) is 12.7. The van der Waals surface area contributed by atoms with Crippen LogP contribution in [0.25, 0.3) is 0 Å². The van der Waals surface area contributed by atoms with E-state index in [1.165, 1.54) is 11.1 Å². The maximum atomic E-state index is 13.4. The molecule has 0 radical (unpaired) electrons. The number of alkyl halides is 2. The maximum absolute atomic E-state index is 13.4. The fraction of sp³-hybridized carbons (Fsp3) is 0.667. The number of fused-ring (bicyclic) bond motifs is 2. The van der Waals surface area contributed by atoms with Crippen LogP contribution in [0, 0.1) is 35.0 Å². The van der Waals surface area contributed by atoms with Crippen LogP contribution < -0.4 is 0 Å². The molecule has 6 unspecified atom stereocenters. The number of esters is 1. The zero-order chi connectivity index (χ0) is 16.4. The third-order valence-electron chi connectivity index (χ3n) is 6.79. The molecule has 6 fully saturated rings. The summed E-state index contributed by atoms with van der Waals surface area (Å²) in [5.41, 5.74) is 2.17. The molecular weight excluding hydrogens is 330 g/mol. The second kappa shape index (κ2) is 3.69. The van der Waals surface area contributed by atoms with Gasteiger partial charge in [-0.25, -0.2) is 4.79 Å². The van der Waals surface area contributed by atoms with Gasteiger partial charge in [-0.3, -0.25) is 4.55 Å². The first-order valence-corrected chi connectivity index (χ1v) is 9.08. The summed E-state index contributed by atoms with van der Waals surface area (Å²) < 4.78 is 61.2. The Balaban J connectivity index is 1.43. The highest BCUT2D eigenvalue weighted by atomic mass is 32.2. The first kappa shape index (κ1) is 14.1. The van der Waals surface area contributed by atoms with Crippen molar-refractivity contribution in [3.8, 4) is 0 Å². The predicted molar refractivity (Wildman–Crippen MR) is 72.7 cm³/mol. The van der Waals surface area contributed by atoms with Gasteiger partial charge in [0.2, 0.25) is 0 Å². The van der Waals surface area contributed by atoms with Crippen LogP contribution >= 0.6 is 0 Å². The van der Waals surface area contributed by atoms with Crippen molar-refractivity contribution in [2.75, 3.05) is 6.61 Å². The van der Waals surface area contributed by atoms with Crippen molar-refractivity contribution in [3.63, 3.8) is 0 Å². The van der Waals surface area contributed by atoms with Crippen molar-refractivity contribution in [2.45, 2.75) is 18.1 Å². The Labute approximate surface area is 131 Å². The van der Waals surface area contributed by atoms with Gasteiger partial charge in [-0.1, -0.05) is 23.3 Å². The molecule has 0 aliphatic heterocycles. The number of carbonyl (C=O) groups is 1. The Kier molecular flexibility index (Phi) is 2.26. The van der Waals surface area contributed by atoms with Gasteiger partial charge >= 0.3 is 21.3 Å². The molecule has 23 heavy (non-hydrogen) atoms. The molecule has 0 saturated heterocycles. The van der Waals surface area contributed by atoms with Gasteiger partial charge in [0.1, 0.15) is 6.61 Å². The Morgan fingerprint density at radius 2 is 2.09 bits per heavy atom. The molecular formula is C15H14F2O5S. The SMILES string of the molecule is O=C(OCC12C3=CCC4C5C(=CCC1C35)C42)C(F)(F)S(=O)(=O)O. The molecule has 6 atom stereocenters. The lowest BCUT2D eigenvalue weighted by atomic mass is 9.22. The standard InChI is InChI=1S/C15H14F2O5S/c16-15(17,23(19,20)21)13(18)22-5-14-8-3-1-6-10-7(12(6)14)2-4-9(14)11(8)10/h1,4,7-8,10-12H,2-3,5H2,(H,19,20,21). The Hall–Kier alpha value is -1.28. The molecule has 8 bridgehead atoms. The molecule has 1 N–H and O–H groups in total. The largest absolute Gasteiger partial charge is 0.465 e. The summed E-state index contributed by atoms with van der Waals surface area (Å²) in [6.45, 7) is -0.227. The highest BCUT2D eigenvalue weighted by Gasteiger charge is 2.80. The molecule has 5 nitrogen and oxygen atoms in total. The van der Waals surface area contributed by atoms with Crippen LogP contribution in [0.3, 0.4) is 0 Å². The third kappa shape index (κ3) is 1.27. The van der Waals surface area contributed by atoms with E-state index in [2.05, 4.69) is 12.2 Å². The van der Waals surface area contributed by atoms with Gasteiger partial charge in [0.25, 0.3) is 0 Å². The fourth-order valence-corrected chi connectivity index (χ4v) is 6.44. The van der Waals surface area contributed by atoms with E-state index in [0.29, 0.717) is 23.7 Å². The van der Waals surface area contributed by atoms with Crippen molar-refractivity contribution >= 4 is 16.1 Å². The summed E-state index contributed by atoms with van der Waals surface area (Å²) in [6, 6.07) is 0. The van der Waals surface area contributed by atoms with Crippen LogP contribution in [0.15, 0.2) is 23.3 Å². The summed E-state index contributed by atoms with van der Waals surface area (Å²) in [7, 11) is -5.82. The molecule has 0 amide bonds. The zero-order valence-electron chi connectivity index (χ0n) is 11.9. The van der Waals surface area contributed by atoms with Crippen LogP contribution in [-0.2, 0) is 19.6 Å². The van der Waals surface area contributed by atoms with Gasteiger partial charge in [0, 0.05) is 5.41 Å². The molecule has 6 saturated carbocycles. The van der Waals surface area contributed by atoms with E-state index in [0.717, 1.165) is 12.8 Å². The van der Waals surface area contributed by atoms with E-state index in [1.54, 1.807) is 0 Å². The maximum Gasteiger partial charge on any atom is 0.465 e. The molecule has 10 aliphatic rings. The number of carbonyl (C=O) groups excluding carboxylic acids is 1. The normalized spacial score (nSPS) is 44.9. The summed E-state index contributed by atoms with van der Waals surface area (Å²) in [4.78, 5) is 11.5. The highest BCUT2D eigenvalue weighted by Crippen LogP contribution is 2.84. The average molecular weight is 344 g/mol. The van der Waals surface area contributed by atoms with E-state index < -0.39 is 26.8 Å². The lowest BCUT2D eigenvalue weighted by Gasteiger charge is -2.81. The van der Waals surface area contributed by atoms with Gasteiger partial charge in [-0.05, 0) is 42.4 Å². The quantitative estimate of drug-likeness (QED) is 0.478. The van der Waals surface area contributed by atoms with Crippen LogP contribution in [0.5, 0.6) is 0 Å². The van der Waals surface area contributed by atoms with Crippen molar-refractivity contribution in [1.29, 1.82) is 0 Å². The van der Waals surface area contributed by atoms with Gasteiger partial charge in [0.05, 0.1) is 0 Å². The molecule has 0 heterocycles. The Morgan fingerprint density at radius 1 is 1.35 bits per heavy atom. The fourth-order valence-electron chi connectivity index (χ4n) is 6.17. The lowest BCUT2D eigenvalue weighted by molar-refractivity contribution is -0.221. The Bertz CT molecular complexity index is 814. The number of hydrogen-bond acceptors (Lipinski definition) is 4. The van der Waals surface area contributed by atoms with Crippen LogP contribution in [0.2, 0.25) is 0 Å². The first-order valence-electron chi connectivity index (χ1n) is 7.64. The number of rotatable bonds is 4. The summed E-state index contributed by atoms with van der Waals surface area (Å²) in [5.74, 6) is -0.0924. The van der Waals surface area contributed by atoms with Crippen LogP contribution in [-0.4, -0.2) is 30.8 Å². The minimum atomic E-state index is -5.82. The highest BCUT2D eigenvalue weighted by molar-refractivity contribution is 7.87. The first-order chi connectivity index (χ1) is 10.7. The lowest BCUT2D eigenvalue weighted by Crippen LogP contribution is -2.77. The number of allylic oxidation sites excluding steroid dienone is 3. The molecule has 8 heteroatoms.